The molecule has 1 aromatic carbocycles. The van der Waals surface area contributed by atoms with Gasteiger partial charge in [0.15, 0.2) is 17.3 Å². The van der Waals surface area contributed by atoms with Crippen LogP contribution in [0.3, 0.4) is 0 Å². The van der Waals surface area contributed by atoms with Gasteiger partial charge in [0.1, 0.15) is 0 Å². The molecule has 0 radical (unpaired) electrons. The Morgan fingerprint density at radius 2 is 2.00 bits per heavy atom. The van der Waals surface area contributed by atoms with E-state index in [4.69, 9.17) is 14.2 Å². The summed E-state index contributed by atoms with van der Waals surface area (Å²) in [5.41, 5.74) is 1.15. The molecule has 6 heteroatoms. The van der Waals surface area contributed by atoms with Crippen LogP contribution in [0.4, 0.5) is 0 Å². The summed E-state index contributed by atoms with van der Waals surface area (Å²) in [6.45, 7) is 5.18. The molecular weight excluding hydrogens is 352 g/mol. The molecule has 144 valence electrons. The van der Waals surface area contributed by atoms with E-state index in [9.17, 15) is 9.59 Å². The first kappa shape index (κ1) is 20.9. The number of hydrogen-bond donors (Lipinski definition) is 0. The van der Waals surface area contributed by atoms with Gasteiger partial charge < -0.3 is 14.2 Å². The highest BCUT2D eigenvalue weighted by molar-refractivity contribution is 8.01. The van der Waals surface area contributed by atoms with E-state index in [0.29, 0.717) is 13.0 Å². The molecule has 0 N–H and O–H groups in total. The molecule has 1 heterocycles. The van der Waals surface area contributed by atoms with Crippen LogP contribution in [0.25, 0.3) is 0 Å². The largest absolute Gasteiger partial charge is 0.465 e. The molecule has 0 aliphatic carbocycles. The Morgan fingerprint density at radius 3 is 2.62 bits per heavy atom. The van der Waals surface area contributed by atoms with Crippen molar-refractivity contribution in [1.82, 2.24) is 0 Å². The summed E-state index contributed by atoms with van der Waals surface area (Å²) >= 11 is 1.25. The zero-order valence-electron chi connectivity index (χ0n) is 15.6. The molecule has 0 amide bonds. The second-order valence-corrected chi connectivity index (χ2v) is 7.31. The third-order valence-corrected chi connectivity index (χ3v) is 5.39. The Labute approximate surface area is 159 Å². The third-order valence-electron chi connectivity index (χ3n) is 4.15. The maximum atomic E-state index is 12.0. The van der Waals surface area contributed by atoms with Gasteiger partial charge >= 0.3 is 5.97 Å². The Hall–Kier alpha value is -1.37. The lowest BCUT2D eigenvalue weighted by Crippen LogP contribution is -2.28. The molecule has 1 fully saturated rings. The Balaban J connectivity index is 1.84. The molecule has 1 aliphatic rings. The number of thioether (sulfide) groups is 1. The summed E-state index contributed by atoms with van der Waals surface area (Å²) in [5.74, 6) is -0.576. The quantitative estimate of drug-likeness (QED) is 0.350. The first-order chi connectivity index (χ1) is 12.6. The average Bonchev–Trinajstić information content (AvgIpc) is 2.67. The summed E-state index contributed by atoms with van der Waals surface area (Å²) in [6, 6.07) is 7.89. The van der Waals surface area contributed by atoms with Crippen molar-refractivity contribution in [3.63, 3.8) is 0 Å². The molecule has 1 aliphatic heterocycles. The Kier molecular flexibility index (Phi) is 9.15. The van der Waals surface area contributed by atoms with Gasteiger partial charge in [0.05, 0.1) is 13.2 Å². The number of benzene rings is 1. The van der Waals surface area contributed by atoms with Crippen molar-refractivity contribution in [2.45, 2.75) is 62.4 Å². The van der Waals surface area contributed by atoms with Crippen molar-refractivity contribution < 1.29 is 23.8 Å². The highest BCUT2D eigenvalue weighted by atomic mass is 32.2. The van der Waals surface area contributed by atoms with Gasteiger partial charge in [-0.3, -0.25) is 9.59 Å². The topological polar surface area (TPSA) is 61.8 Å². The number of hydrogen-bond acceptors (Lipinski definition) is 6. The maximum absolute atomic E-state index is 12.0. The lowest BCUT2D eigenvalue weighted by molar-refractivity contribution is -0.161. The number of ketones is 1. The van der Waals surface area contributed by atoms with E-state index in [0.717, 1.165) is 42.7 Å². The summed E-state index contributed by atoms with van der Waals surface area (Å²) in [7, 11) is 0. The van der Waals surface area contributed by atoms with Gasteiger partial charge in [-0.2, -0.15) is 0 Å². The molecule has 0 spiro atoms. The fraction of sp³-hybridized carbons (Fsp3) is 0.600. The van der Waals surface area contributed by atoms with Crippen molar-refractivity contribution in [3.05, 3.63) is 29.8 Å². The van der Waals surface area contributed by atoms with Crippen molar-refractivity contribution in [2.75, 3.05) is 19.8 Å². The molecule has 2 rings (SSSR count). The van der Waals surface area contributed by atoms with Crippen LogP contribution < -0.4 is 0 Å². The van der Waals surface area contributed by atoms with Crippen molar-refractivity contribution >= 4 is 23.5 Å². The van der Waals surface area contributed by atoms with Crippen LogP contribution in [0.2, 0.25) is 0 Å². The van der Waals surface area contributed by atoms with E-state index >= 15 is 0 Å². The van der Waals surface area contributed by atoms with Crippen molar-refractivity contribution in [2.24, 2.45) is 0 Å². The van der Waals surface area contributed by atoms with E-state index in [-0.39, 0.29) is 18.7 Å². The van der Waals surface area contributed by atoms with Crippen molar-refractivity contribution in [3.8, 4) is 0 Å². The summed E-state index contributed by atoms with van der Waals surface area (Å²) < 4.78 is 16.3. The van der Waals surface area contributed by atoms with Crippen LogP contribution in [0.1, 0.15) is 45.1 Å². The van der Waals surface area contributed by atoms with Gasteiger partial charge in [-0.15, -0.1) is 11.8 Å². The van der Waals surface area contributed by atoms with E-state index in [2.05, 4.69) is 0 Å². The third kappa shape index (κ3) is 6.74. The predicted molar refractivity (Wildman–Crippen MR) is 101 cm³/mol. The molecule has 1 saturated heterocycles. The van der Waals surface area contributed by atoms with Crippen LogP contribution >= 0.6 is 11.8 Å². The average molecular weight is 381 g/mol. The maximum Gasteiger partial charge on any atom is 0.327 e. The molecule has 1 aromatic rings. The van der Waals surface area contributed by atoms with Gasteiger partial charge in [0.2, 0.25) is 0 Å². The molecule has 0 saturated carbocycles. The zero-order chi connectivity index (χ0) is 18.8. The molecule has 0 bridgehead atoms. The molecular formula is C20H28O5S. The van der Waals surface area contributed by atoms with Crippen molar-refractivity contribution in [1.29, 1.82) is 0 Å². The normalized spacial score (nSPS) is 18.3. The monoisotopic (exact) mass is 380 g/mol. The minimum absolute atomic E-state index is 0.0658. The van der Waals surface area contributed by atoms with Crippen LogP contribution in [0, 0.1) is 0 Å². The lowest BCUT2D eigenvalue weighted by Gasteiger charge is -2.22. The minimum Gasteiger partial charge on any atom is -0.465 e. The van der Waals surface area contributed by atoms with Crippen LogP contribution in [0.5, 0.6) is 0 Å². The smallest absolute Gasteiger partial charge is 0.327 e. The second-order valence-electron chi connectivity index (χ2n) is 6.13. The predicted octanol–water partition coefficient (Wildman–Crippen LogP) is 3.78. The van der Waals surface area contributed by atoms with E-state index in [1.807, 2.05) is 24.3 Å². The lowest BCUT2D eigenvalue weighted by atomic mass is 10.1. The number of carbonyl (C=O) groups excluding carboxylic acids is 2. The van der Waals surface area contributed by atoms with Gasteiger partial charge in [0.25, 0.3) is 0 Å². The fourth-order valence-electron chi connectivity index (χ4n) is 2.67. The number of ether oxygens (including phenoxy) is 3. The van der Waals surface area contributed by atoms with Gasteiger partial charge in [-0.25, -0.2) is 0 Å². The molecule has 2 unspecified atom stereocenters. The van der Waals surface area contributed by atoms with Gasteiger partial charge in [-0.05, 0) is 50.3 Å². The fourth-order valence-corrected chi connectivity index (χ4v) is 3.70. The number of carbonyl (C=O) groups is 2. The van der Waals surface area contributed by atoms with E-state index < -0.39 is 11.2 Å². The van der Waals surface area contributed by atoms with Gasteiger partial charge in [-0.1, -0.05) is 19.1 Å². The highest BCUT2D eigenvalue weighted by Gasteiger charge is 2.27. The Bertz CT molecular complexity index is 566. The number of Topliss-reactive ketones (excluding diaryl/α,β-unsaturated/α-hetero) is 1. The minimum atomic E-state index is -0.794. The summed E-state index contributed by atoms with van der Waals surface area (Å²) in [5, 5.41) is -0.794. The number of esters is 1. The van der Waals surface area contributed by atoms with E-state index in [1.165, 1.54) is 11.8 Å². The first-order valence-electron chi connectivity index (χ1n) is 9.32. The van der Waals surface area contributed by atoms with Gasteiger partial charge in [0, 0.05) is 17.9 Å². The van der Waals surface area contributed by atoms with E-state index in [1.54, 1.807) is 13.8 Å². The van der Waals surface area contributed by atoms with Crippen LogP contribution in [-0.4, -0.2) is 43.1 Å². The standard InChI is InChI=1S/C20H28O5S/c1-3-17(21)19(20(22)23-4-2)26-16-10-8-15(9-11-16)12-14-25-18-7-5-6-13-24-18/h8-11,18-19H,3-7,12-14H2,1-2H3. The first-order valence-corrected chi connectivity index (χ1v) is 10.2. The second kappa shape index (κ2) is 11.4. The molecule has 26 heavy (non-hydrogen) atoms. The summed E-state index contributed by atoms with van der Waals surface area (Å²) in [6.07, 6.45) is 4.30. The number of rotatable bonds is 10. The van der Waals surface area contributed by atoms with Crippen LogP contribution in [-0.2, 0) is 30.2 Å². The molecule has 5 nitrogen and oxygen atoms in total. The summed E-state index contributed by atoms with van der Waals surface area (Å²) in [4.78, 5) is 24.9. The SMILES string of the molecule is CCOC(=O)C(Sc1ccc(CCOC2CCCCO2)cc1)C(=O)CC. The highest BCUT2D eigenvalue weighted by Crippen LogP contribution is 2.26. The zero-order valence-corrected chi connectivity index (χ0v) is 16.4. The molecule has 0 aromatic heterocycles. The van der Waals surface area contributed by atoms with Crippen LogP contribution in [0.15, 0.2) is 29.2 Å². The Morgan fingerprint density at radius 1 is 1.23 bits per heavy atom. The molecule has 2 atom stereocenters.